The third-order valence-corrected chi connectivity index (χ3v) is 3.02. The van der Waals surface area contributed by atoms with Crippen LogP contribution in [-0.2, 0) is 4.84 Å². The molecule has 2 atom stereocenters. The smallest absolute Gasteiger partial charge is 0.136 e. The Labute approximate surface area is 68.7 Å². The number of halogens is 1. The molecular weight excluding hydrogens is 194 g/mol. The summed E-state index contributed by atoms with van der Waals surface area (Å²) in [4.78, 5) is 5.21. The van der Waals surface area contributed by atoms with E-state index in [1.165, 1.54) is 25.7 Å². The van der Waals surface area contributed by atoms with Crippen LogP contribution in [0.2, 0.25) is 0 Å². The summed E-state index contributed by atoms with van der Waals surface area (Å²) in [5.74, 6) is 0.578. The Morgan fingerprint density at radius 1 is 1.40 bits per heavy atom. The average Bonchev–Trinajstić information content (AvgIpc) is 2.34. The van der Waals surface area contributed by atoms with Gasteiger partial charge in [0, 0.05) is 0 Å². The summed E-state index contributed by atoms with van der Waals surface area (Å²) in [5, 5.41) is 3.91. The maximum absolute atomic E-state index is 5.21. The van der Waals surface area contributed by atoms with Gasteiger partial charge in [-0.3, -0.25) is 0 Å². The lowest BCUT2D eigenvalue weighted by Gasteiger charge is -2.21. The molecular formula is C7H10BrNO. The Morgan fingerprint density at radius 2 is 2.20 bits per heavy atom. The van der Waals surface area contributed by atoms with Crippen molar-refractivity contribution in [3.05, 3.63) is 0 Å². The predicted molar refractivity (Wildman–Crippen MR) is 43.2 cm³/mol. The van der Waals surface area contributed by atoms with Crippen LogP contribution in [0.5, 0.6) is 0 Å². The lowest BCUT2D eigenvalue weighted by Crippen LogP contribution is -2.24. The highest BCUT2D eigenvalue weighted by Crippen LogP contribution is 2.33. The first kappa shape index (κ1) is 6.65. The molecule has 0 saturated heterocycles. The Hall–Kier alpha value is -0.0500. The van der Waals surface area contributed by atoms with Gasteiger partial charge in [-0.1, -0.05) is 11.6 Å². The zero-order chi connectivity index (χ0) is 6.97. The average molecular weight is 204 g/mol. The molecule has 0 aromatic carbocycles. The second-order valence-corrected chi connectivity index (χ2v) is 3.76. The van der Waals surface area contributed by atoms with E-state index in [2.05, 4.69) is 21.1 Å². The molecule has 2 nitrogen and oxygen atoms in total. The molecule has 0 N–H and O–H groups in total. The van der Waals surface area contributed by atoms with Gasteiger partial charge in [-0.25, -0.2) is 0 Å². The maximum atomic E-state index is 5.21. The summed E-state index contributed by atoms with van der Waals surface area (Å²) < 4.78 is 1.03. The molecule has 1 saturated carbocycles. The fraction of sp³-hybridized carbons (Fsp3) is 0.857. The third kappa shape index (κ3) is 0.965. The van der Waals surface area contributed by atoms with E-state index in [0.29, 0.717) is 12.0 Å². The molecule has 56 valence electrons. The standard InChI is InChI=1S/C7H10BrNO/c8-7-5-3-1-2-4-6(5)10-9-7/h5-6H,1-4H2/t5-,6-/m1/s1. The highest BCUT2D eigenvalue weighted by Gasteiger charge is 2.34. The van der Waals surface area contributed by atoms with Gasteiger partial charge in [0.25, 0.3) is 0 Å². The number of fused-ring (bicyclic) bond motifs is 1. The zero-order valence-corrected chi connectivity index (χ0v) is 7.30. The Kier molecular flexibility index (Phi) is 1.68. The highest BCUT2D eigenvalue weighted by molar-refractivity contribution is 9.18. The van der Waals surface area contributed by atoms with Gasteiger partial charge in [-0.2, -0.15) is 0 Å². The van der Waals surface area contributed by atoms with Gasteiger partial charge in [0.1, 0.15) is 10.7 Å². The Morgan fingerprint density at radius 3 is 3.00 bits per heavy atom. The van der Waals surface area contributed by atoms with Crippen molar-refractivity contribution < 1.29 is 4.84 Å². The van der Waals surface area contributed by atoms with E-state index >= 15 is 0 Å². The molecule has 1 fully saturated rings. The van der Waals surface area contributed by atoms with E-state index in [-0.39, 0.29) is 0 Å². The van der Waals surface area contributed by atoms with Gasteiger partial charge in [0.05, 0.1) is 5.92 Å². The molecule has 10 heavy (non-hydrogen) atoms. The summed E-state index contributed by atoms with van der Waals surface area (Å²) in [5.41, 5.74) is 0. The first-order chi connectivity index (χ1) is 4.88. The summed E-state index contributed by atoms with van der Waals surface area (Å²) in [6.07, 6.45) is 5.45. The summed E-state index contributed by atoms with van der Waals surface area (Å²) in [6, 6.07) is 0. The van der Waals surface area contributed by atoms with Crippen LogP contribution < -0.4 is 0 Å². The first-order valence-corrected chi connectivity index (χ1v) is 4.56. The molecule has 0 amide bonds. The molecule has 0 aromatic rings. The molecule has 3 heteroatoms. The van der Waals surface area contributed by atoms with Crippen LogP contribution in [0, 0.1) is 5.92 Å². The van der Waals surface area contributed by atoms with E-state index in [0.717, 1.165) is 4.62 Å². The van der Waals surface area contributed by atoms with E-state index in [9.17, 15) is 0 Å². The van der Waals surface area contributed by atoms with Crippen molar-refractivity contribution in [2.75, 3.05) is 0 Å². The molecule has 1 aliphatic carbocycles. The van der Waals surface area contributed by atoms with Gasteiger partial charge < -0.3 is 4.84 Å². The largest absolute Gasteiger partial charge is 0.391 e. The molecule has 2 aliphatic rings. The molecule has 1 aliphatic heterocycles. The van der Waals surface area contributed by atoms with Crippen molar-refractivity contribution in [3.8, 4) is 0 Å². The monoisotopic (exact) mass is 203 g/mol. The minimum Gasteiger partial charge on any atom is -0.391 e. The number of rotatable bonds is 0. The van der Waals surface area contributed by atoms with Crippen LogP contribution in [0.3, 0.4) is 0 Å². The lowest BCUT2D eigenvalue weighted by atomic mass is 9.88. The van der Waals surface area contributed by atoms with Crippen molar-refractivity contribution in [3.63, 3.8) is 0 Å². The molecule has 0 bridgehead atoms. The second-order valence-electron chi connectivity index (χ2n) is 2.95. The third-order valence-electron chi connectivity index (χ3n) is 2.28. The maximum Gasteiger partial charge on any atom is 0.136 e. The van der Waals surface area contributed by atoms with Crippen LogP contribution >= 0.6 is 15.9 Å². The fourth-order valence-corrected chi connectivity index (χ4v) is 2.29. The van der Waals surface area contributed by atoms with E-state index in [4.69, 9.17) is 4.84 Å². The summed E-state index contributed by atoms with van der Waals surface area (Å²) in [7, 11) is 0. The van der Waals surface area contributed by atoms with E-state index < -0.39 is 0 Å². The number of oxime groups is 1. The van der Waals surface area contributed by atoms with Gasteiger partial charge in [0.2, 0.25) is 0 Å². The zero-order valence-electron chi connectivity index (χ0n) is 5.72. The molecule has 0 unspecified atom stereocenters. The molecule has 1 heterocycles. The van der Waals surface area contributed by atoms with Crippen LogP contribution in [0.25, 0.3) is 0 Å². The second kappa shape index (κ2) is 2.53. The molecule has 0 radical (unpaired) electrons. The fourth-order valence-electron chi connectivity index (χ4n) is 1.68. The number of hydrogen-bond acceptors (Lipinski definition) is 2. The van der Waals surface area contributed by atoms with Crippen molar-refractivity contribution in [1.82, 2.24) is 0 Å². The SMILES string of the molecule is BrC1=NO[C@@H]2CCCC[C@@H]12. The summed E-state index contributed by atoms with van der Waals surface area (Å²) >= 11 is 3.40. The topological polar surface area (TPSA) is 21.6 Å². The predicted octanol–water partition coefficient (Wildman–Crippen LogP) is 2.28. The van der Waals surface area contributed by atoms with E-state index in [1.54, 1.807) is 0 Å². The van der Waals surface area contributed by atoms with Crippen molar-refractivity contribution in [2.45, 2.75) is 31.8 Å². The van der Waals surface area contributed by atoms with Crippen LogP contribution in [0.4, 0.5) is 0 Å². The van der Waals surface area contributed by atoms with Crippen LogP contribution in [0.1, 0.15) is 25.7 Å². The Balaban J connectivity index is 2.08. The lowest BCUT2D eigenvalue weighted by molar-refractivity contribution is 0.0397. The molecule has 0 spiro atoms. The van der Waals surface area contributed by atoms with Gasteiger partial charge >= 0.3 is 0 Å². The van der Waals surface area contributed by atoms with Gasteiger partial charge in [-0.15, -0.1) is 0 Å². The highest BCUT2D eigenvalue weighted by atomic mass is 79.9. The Bertz CT molecular complexity index is 169. The minimum atomic E-state index is 0.392. The van der Waals surface area contributed by atoms with Crippen LogP contribution in [-0.4, -0.2) is 10.7 Å². The van der Waals surface area contributed by atoms with Crippen molar-refractivity contribution >= 4 is 20.6 Å². The van der Waals surface area contributed by atoms with Crippen LogP contribution in [0.15, 0.2) is 5.16 Å². The van der Waals surface area contributed by atoms with Crippen molar-refractivity contribution in [2.24, 2.45) is 11.1 Å². The molecule has 2 rings (SSSR count). The number of hydrogen-bond donors (Lipinski definition) is 0. The van der Waals surface area contributed by atoms with Crippen molar-refractivity contribution in [1.29, 1.82) is 0 Å². The first-order valence-electron chi connectivity index (χ1n) is 3.77. The molecule has 0 aromatic heterocycles. The minimum absolute atomic E-state index is 0.392. The number of nitrogens with zero attached hydrogens (tertiary/aromatic N) is 1. The summed E-state index contributed by atoms with van der Waals surface area (Å²) in [6.45, 7) is 0. The van der Waals surface area contributed by atoms with Gasteiger partial charge in [0.15, 0.2) is 0 Å². The normalized spacial score (nSPS) is 38.3. The quantitative estimate of drug-likeness (QED) is 0.593. The van der Waals surface area contributed by atoms with Gasteiger partial charge in [-0.05, 0) is 35.2 Å². The van der Waals surface area contributed by atoms with E-state index in [1.807, 2.05) is 0 Å².